The quantitative estimate of drug-likeness (QED) is 0.0942. The molecule has 4 heterocycles. The molecule has 9 atom stereocenters. The number of aliphatic hydroxyl groups excluding tert-OH is 1. The number of imidazole rings is 2. The van der Waals surface area contributed by atoms with Crippen molar-refractivity contribution >= 4 is 18.1 Å². The summed E-state index contributed by atoms with van der Waals surface area (Å²) in [6, 6.07) is 11.8. The van der Waals surface area contributed by atoms with E-state index < -0.39 is 30.5 Å². The second kappa shape index (κ2) is 17.3. The number of H-pyrrole nitrogens is 2. The third-order valence-electron chi connectivity index (χ3n) is 14.0. The average Bonchev–Trinajstić information content (AvgIpc) is 4.12. The van der Waals surface area contributed by atoms with Crippen molar-refractivity contribution < 1.29 is 29.0 Å². The highest BCUT2D eigenvalue weighted by Gasteiger charge is 2.44. The van der Waals surface area contributed by atoms with Gasteiger partial charge in [-0.25, -0.2) is 19.6 Å². The highest BCUT2D eigenvalue weighted by molar-refractivity contribution is 5.87. The minimum Gasteiger partial charge on any atom is -0.453 e. The Bertz CT molecular complexity index is 2230. The summed E-state index contributed by atoms with van der Waals surface area (Å²) in [7, 11) is 2.64. The number of nitrogens with one attached hydrogen (secondary N) is 4. The van der Waals surface area contributed by atoms with Crippen LogP contribution in [0.4, 0.5) is 9.59 Å². The Labute approximate surface area is 358 Å². The molecule has 3 amide bonds. The van der Waals surface area contributed by atoms with Crippen molar-refractivity contribution in [2.24, 2.45) is 11.8 Å². The van der Waals surface area contributed by atoms with Crippen LogP contribution in [0.3, 0.4) is 0 Å². The fourth-order valence-electron chi connectivity index (χ4n) is 10.8. The molecule has 2 aromatic heterocycles. The molecule has 2 saturated heterocycles. The number of carbonyl (C=O) groups excluding carboxylic acids is 3. The second-order valence-electron chi connectivity index (χ2n) is 18.4. The molecular formula is C47H62N8O6. The Hall–Kier alpha value is -5.21. The number of hydrogen-bond acceptors (Lipinski definition) is 9. The standard InChI is InChI=1S/C47H62N8O6/c1-24(2)40(52-46(58)60-7)44(56)54-26(5)9-19-36(54)42-48-22-34(50-42)29-13-11-28(12-14-29)32-17-18-33(39-31-16-15-30(21-31)38(32)39)35-23-49-43(51-35)37-20-10-27(6)55(37)45(57)41(25(3)4)53-47(59)61-8/h11-14,17-18,22-27,30-31,36-37,40-41,44,56H,9-10,15-16,19-21H2,1-8H3,(H,48,50)(H,49,51)(H,52,58)(H,53,59)/t26-,27-,30?,31?,36-,37-,40-,41-,44?/m0/s1. The normalized spacial score (nSPS) is 24.9. The maximum Gasteiger partial charge on any atom is 0.407 e. The van der Waals surface area contributed by atoms with Gasteiger partial charge in [0, 0.05) is 17.6 Å². The van der Waals surface area contributed by atoms with E-state index in [1.165, 1.54) is 54.9 Å². The monoisotopic (exact) mass is 834 g/mol. The highest BCUT2D eigenvalue weighted by Crippen LogP contribution is 2.58. The lowest BCUT2D eigenvalue weighted by Gasteiger charge is -2.38. The van der Waals surface area contributed by atoms with Gasteiger partial charge in [-0.15, -0.1) is 0 Å². The third-order valence-corrected chi connectivity index (χ3v) is 14.0. The number of hydrogen-bond donors (Lipinski definition) is 5. The second-order valence-corrected chi connectivity index (χ2v) is 18.4. The Balaban J connectivity index is 1.03. The molecule has 3 fully saturated rings. The molecule has 326 valence electrons. The molecule has 61 heavy (non-hydrogen) atoms. The first-order valence-corrected chi connectivity index (χ1v) is 22.1. The van der Waals surface area contributed by atoms with E-state index in [4.69, 9.17) is 19.4 Å². The van der Waals surface area contributed by atoms with E-state index in [1.807, 2.05) is 45.0 Å². The number of likely N-dealkylation sites (tertiary alicyclic amines) is 2. The van der Waals surface area contributed by atoms with Crippen molar-refractivity contribution in [3.8, 4) is 33.6 Å². The van der Waals surface area contributed by atoms with Crippen LogP contribution in [0.15, 0.2) is 48.8 Å². The minimum atomic E-state index is -0.911. The number of nitrogens with zero attached hydrogens (tertiary/aromatic N) is 4. The number of methoxy groups -OCH3 is 2. The van der Waals surface area contributed by atoms with Crippen LogP contribution >= 0.6 is 0 Å². The van der Waals surface area contributed by atoms with Crippen LogP contribution in [-0.2, 0) is 14.3 Å². The van der Waals surface area contributed by atoms with Gasteiger partial charge in [0.2, 0.25) is 5.91 Å². The van der Waals surface area contributed by atoms with Crippen LogP contribution in [-0.4, -0.2) is 97.6 Å². The van der Waals surface area contributed by atoms with E-state index >= 15 is 0 Å². The van der Waals surface area contributed by atoms with Crippen LogP contribution in [0.2, 0.25) is 0 Å². The zero-order valence-corrected chi connectivity index (χ0v) is 36.7. The fourth-order valence-corrected chi connectivity index (χ4v) is 10.8. The van der Waals surface area contributed by atoms with Crippen molar-refractivity contribution in [2.45, 2.75) is 141 Å². The van der Waals surface area contributed by atoms with Gasteiger partial charge in [-0.3, -0.25) is 9.69 Å². The van der Waals surface area contributed by atoms with Gasteiger partial charge >= 0.3 is 12.2 Å². The lowest BCUT2D eigenvalue weighted by molar-refractivity contribution is -0.137. The SMILES string of the molecule is COC(=O)N[C@@H](C(C)C)C(O)N1[C@@H](C)CC[C@H]1c1ncc(-c2ccc(-c3ccc(-c4cnc([C@@H]5CC[C@H](C)N5C(=O)[C@@H](NC(=O)OC)C(C)C)[nH]4)c4c3C3CCC4C3)cc2)[nH]1. The maximum atomic E-state index is 14.0. The summed E-state index contributed by atoms with van der Waals surface area (Å²) in [6.07, 6.45) is 8.61. The highest BCUT2D eigenvalue weighted by atomic mass is 16.5. The number of fused-ring (bicyclic) bond motifs is 5. The van der Waals surface area contributed by atoms with Gasteiger partial charge in [0.05, 0.1) is 56.1 Å². The molecule has 2 aromatic carbocycles. The lowest BCUT2D eigenvalue weighted by Crippen LogP contribution is -2.55. The molecule has 0 spiro atoms. The van der Waals surface area contributed by atoms with Crippen molar-refractivity contribution in [1.82, 2.24) is 40.4 Å². The van der Waals surface area contributed by atoms with Crippen molar-refractivity contribution in [1.29, 1.82) is 0 Å². The van der Waals surface area contributed by atoms with Gasteiger partial charge in [0.1, 0.15) is 23.9 Å². The zero-order valence-electron chi connectivity index (χ0n) is 36.7. The van der Waals surface area contributed by atoms with Gasteiger partial charge in [-0.05, 0) is 110 Å². The Kier molecular flexibility index (Phi) is 12.0. The largest absolute Gasteiger partial charge is 0.453 e. The van der Waals surface area contributed by atoms with Crippen LogP contribution < -0.4 is 10.6 Å². The molecule has 2 aliphatic heterocycles. The fraction of sp³-hybridized carbons (Fsp3) is 0.553. The maximum absolute atomic E-state index is 14.0. The number of amides is 3. The van der Waals surface area contributed by atoms with E-state index in [0.717, 1.165) is 60.7 Å². The van der Waals surface area contributed by atoms with E-state index in [-0.39, 0.29) is 41.9 Å². The van der Waals surface area contributed by atoms with Crippen LogP contribution in [0.1, 0.15) is 133 Å². The predicted octanol–water partition coefficient (Wildman–Crippen LogP) is 8.16. The zero-order chi connectivity index (χ0) is 43.3. The first-order chi connectivity index (χ1) is 29.3. The minimum absolute atomic E-state index is 0.00839. The molecule has 1 saturated carbocycles. The summed E-state index contributed by atoms with van der Waals surface area (Å²) in [5.41, 5.74) is 9.40. The van der Waals surface area contributed by atoms with Crippen LogP contribution in [0, 0.1) is 11.8 Å². The van der Waals surface area contributed by atoms with E-state index in [0.29, 0.717) is 11.8 Å². The molecule has 4 aliphatic rings. The van der Waals surface area contributed by atoms with Gasteiger partial charge in [0.15, 0.2) is 0 Å². The van der Waals surface area contributed by atoms with Crippen molar-refractivity contribution in [3.63, 3.8) is 0 Å². The lowest BCUT2D eigenvalue weighted by atomic mass is 9.82. The summed E-state index contributed by atoms with van der Waals surface area (Å²) < 4.78 is 9.69. The average molecular weight is 835 g/mol. The summed E-state index contributed by atoms with van der Waals surface area (Å²) in [4.78, 5) is 59.2. The molecule has 2 bridgehead atoms. The van der Waals surface area contributed by atoms with Gasteiger partial charge < -0.3 is 40.1 Å². The number of aliphatic hydroxyl groups is 1. The third kappa shape index (κ3) is 7.93. The summed E-state index contributed by atoms with van der Waals surface area (Å²) >= 11 is 0. The Morgan fingerprint density at radius 3 is 1.92 bits per heavy atom. The smallest absolute Gasteiger partial charge is 0.407 e. The first kappa shape index (κ1) is 42.5. The topological polar surface area (TPSA) is 178 Å². The molecular weight excluding hydrogens is 773 g/mol. The molecule has 4 aromatic rings. The van der Waals surface area contributed by atoms with E-state index in [1.54, 1.807) is 0 Å². The number of aromatic nitrogens is 4. The molecule has 5 N–H and O–H groups in total. The molecule has 8 rings (SSSR count). The molecule has 2 aliphatic carbocycles. The van der Waals surface area contributed by atoms with E-state index in [9.17, 15) is 19.5 Å². The number of alkyl carbamates (subject to hydrolysis) is 2. The van der Waals surface area contributed by atoms with Crippen LogP contribution in [0.25, 0.3) is 33.6 Å². The first-order valence-electron chi connectivity index (χ1n) is 22.1. The number of aromatic amines is 2. The molecule has 14 nitrogen and oxygen atoms in total. The number of ether oxygens (including phenoxy) is 2. The van der Waals surface area contributed by atoms with E-state index in [2.05, 4.69) is 75.7 Å². The summed E-state index contributed by atoms with van der Waals surface area (Å²) in [6.45, 7) is 12.0. The molecule has 3 unspecified atom stereocenters. The Morgan fingerprint density at radius 1 is 0.705 bits per heavy atom. The summed E-state index contributed by atoms with van der Waals surface area (Å²) in [5.74, 6) is 2.33. The molecule has 14 heteroatoms. The number of rotatable bonds is 12. The predicted molar refractivity (Wildman–Crippen MR) is 232 cm³/mol. The van der Waals surface area contributed by atoms with Gasteiger partial charge in [-0.1, -0.05) is 64.1 Å². The number of benzene rings is 2. The van der Waals surface area contributed by atoms with Crippen molar-refractivity contribution in [3.05, 3.63) is 71.6 Å². The van der Waals surface area contributed by atoms with Gasteiger partial charge in [0.25, 0.3) is 0 Å². The molecule has 0 radical (unpaired) electrons. The number of carbonyl (C=O) groups is 3. The van der Waals surface area contributed by atoms with Crippen LogP contribution in [0.5, 0.6) is 0 Å². The Morgan fingerprint density at radius 2 is 1.26 bits per heavy atom. The van der Waals surface area contributed by atoms with Gasteiger partial charge in [-0.2, -0.15) is 0 Å². The van der Waals surface area contributed by atoms with Crippen molar-refractivity contribution in [2.75, 3.05) is 14.2 Å². The summed E-state index contributed by atoms with van der Waals surface area (Å²) in [5, 5.41) is 17.2.